The standard InChI is InChI=1S/C18H36N2/c1-5-15(3)18-13-20(16(4)12-19-18)11-10-17-8-6-14(2)7-9-17/h14-19H,5-13H2,1-4H3. The molecule has 1 N–H and O–H groups in total. The third-order valence-electron chi connectivity index (χ3n) is 6.02. The van der Waals surface area contributed by atoms with Gasteiger partial charge < -0.3 is 5.32 Å². The van der Waals surface area contributed by atoms with Crippen LogP contribution < -0.4 is 5.32 Å². The van der Waals surface area contributed by atoms with Crippen LogP contribution in [0.1, 0.15) is 66.2 Å². The van der Waals surface area contributed by atoms with E-state index in [2.05, 4.69) is 37.9 Å². The summed E-state index contributed by atoms with van der Waals surface area (Å²) in [5, 5.41) is 3.75. The van der Waals surface area contributed by atoms with E-state index >= 15 is 0 Å². The van der Waals surface area contributed by atoms with Crippen LogP contribution in [-0.2, 0) is 0 Å². The van der Waals surface area contributed by atoms with Crippen LogP contribution in [0.4, 0.5) is 0 Å². The van der Waals surface area contributed by atoms with E-state index in [0.29, 0.717) is 6.04 Å². The Hall–Kier alpha value is -0.0800. The van der Waals surface area contributed by atoms with E-state index in [1.165, 1.54) is 58.2 Å². The Bertz CT molecular complexity index is 271. The molecule has 2 rings (SSSR count). The predicted molar refractivity (Wildman–Crippen MR) is 88.0 cm³/mol. The van der Waals surface area contributed by atoms with Gasteiger partial charge in [0.2, 0.25) is 0 Å². The van der Waals surface area contributed by atoms with Gasteiger partial charge in [-0.25, -0.2) is 0 Å². The zero-order valence-corrected chi connectivity index (χ0v) is 14.2. The second-order valence-electron chi connectivity index (χ2n) is 7.66. The van der Waals surface area contributed by atoms with Gasteiger partial charge >= 0.3 is 0 Å². The van der Waals surface area contributed by atoms with Crippen molar-refractivity contribution >= 4 is 0 Å². The van der Waals surface area contributed by atoms with Crippen LogP contribution in [-0.4, -0.2) is 36.6 Å². The number of rotatable bonds is 5. The molecule has 1 saturated heterocycles. The van der Waals surface area contributed by atoms with Crippen LogP contribution in [0.25, 0.3) is 0 Å². The van der Waals surface area contributed by atoms with E-state index in [1.807, 2.05) is 0 Å². The molecule has 0 spiro atoms. The molecule has 20 heavy (non-hydrogen) atoms. The zero-order chi connectivity index (χ0) is 14.5. The highest BCUT2D eigenvalue weighted by molar-refractivity contribution is 4.86. The third-order valence-corrected chi connectivity index (χ3v) is 6.02. The van der Waals surface area contributed by atoms with Crippen molar-refractivity contribution in [2.45, 2.75) is 78.3 Å². The first-order chi connectivity index (χ1) is 9.60. The van der Waals surface area contributed by atoms with Gasteiger partial charge in [-0.3, -0.25) is 4.90 Å². The lowest BCUT2D eigenvalue weighted by atomic mass is 9.81. The monoisotopic (exact) mass is 280 g/mol. The van der Waals surface area contributed by atoms with Gasteiger partial charge in [-0.2, -0.15) is 0 Å². The molecule has 3 unspecified atom stereocenters. The van der Waals surface area contributed by atoms with Gasteiger partial charge in [0.05, 0.1) is 0 Å². The third kappa shape index (κ3) is 4.46. The van der Waals surface area contributed by atoms with Crippen LogP contribution >= 0.6 is 0 Å². The maximum absolute atomic E-state index is 3.75. The summed E-state index contributed by atoms with van der Waals surface area (Å²) in [7, 11) is 0. The summed E-state index contributed by atoms with van der Waals surface area (Å²) in [6, 6.07) is 1.43. The Morgan fingerprint density at radius 3 is 2.50 bits per heavy atom. The molecule has 0 bridgehead atoms. The van der Waals surface area contributed by atoms with Crippen LogP contribution in [0.2, 0.25) is 0 Å². The maximum atomic E-state index is 3.75. The lowest BCUT2D eigenvalue weighted by molar-refractivity contribution is 0.107. The van der Waals surface area contributed by atoms with Crippen molar-refractivity contribution < 1.29 is 0 Å². The Morgan fingerprint density at radius 2 is 1.85 bits per heavy atom. The van der Waals surface area contributed by atoms with E-state index in [0.717, 1.165) is 23.8 Å². The first kappa shape index (κ1) is 16.3. The van der Waals surface area contributed by atoms with Crippen molar-refractivity contribution in [2.75, 3.05) is 19.6 Å². The van der Waals surface area contributed by atoms with Crippen molar-refractivity contribution in [1.29, 1.82) is 0 Å². The molecule has 2 aliphatic rings. The summed E-state index contributed by atoms with van der Waals surface area (Å²) in [5.41, 5.74) is 0. The minimum atomic E-state index is 0.711. The molecule has 1 heterocycles. The lowest BCUT2D eigenvalue weighted by Crippen LogP contribution is -2.57. The highest BCUT2D eigenvalue weighted by Crippen LogP contribution is 2.30. The van der Waals surface area contributed by atoms with Gasteiger partial charge in [0.15, 0.2) is 0 Å². The molecule has 0 amide bonds. The molecular weight excluding hydrogens is 244 g/mol. The number of hydrogen-bond donors (Lipinski definition) is 1. The van der Waals surface area contributed by atoms with Crippen LogP contribution in [0.15, 0.2) is 0 Å². The number of hydrogen-bond acceptors (Lipinski definition) is 2. The Balaban J connectivity index is 1.75. The highest BCUT2D eigenvalue weighted by atomic mass is 15.2. The normalized spacial score (nSPS) is 37.8. The molecule has 1 saturated carbocycles. The number of piperazine rings is 1. The van der Waals surface area contributed by atoms with Gasteiger partial charge in [0.25, 0.3) is 0 Å². The molecule has 0 aromatic heterocycles. The number of nitrogens with one attached hydrogen (secondary N) is 1. The van der Waals surface area contributed by atoms with Crippen LogP contribution in [0.3, 0.4) is 0 Å². The SMILES string of the molecule is CCC(C)C1CN(CCC2CCC(C)CC2)C(C)CN1. The molecule has 2 heteroatoms. The first-order valence-electron chi connectivity index (χ1n) is 9.07. The lowest BCUT2D eigenvalue weighted by Gasteiger charge is -2.41. The van der Waals surface area contributed by atoms with Gasteiger partial charge in [-0.1, -0.05) is 52.9 Å². The van der Waals surface area contributed by atoms with Crippen molar-refractivity contribution in [3.8, 4) is 0 Å². The van der Waals surface area contributed by atoms with E-state index in [1.54, 1.807) is 0 Å². The zero-order valence-electron chi connectivity index (χ0n) is 14.2. The van der Waals surface area contributed by atoms with E-state index in [-0.39, 0.29) is 0 Å². The summed E-state index contributed by atoms with van der Waals surface area (Å²) in [5.74, 6) is 2.80. The quantitative estimate of drug-likeness (QED) is 0.821. The van der Waals surface area contributed by atoms with Crippen molar-refractivity contribution in [2.24, 2.45) is 17.8 Å². The van der Waals surface area contributed by atoms with Crippen LogP contribution in [0.5, 0.6) is 0 Å². The second kappa shape index (κ2) is 7.79. The topological polar surface area (TPSA) is 15.3 Å². The fourth-order valence-electron chi connectivity index (χ4n) is 3.89. The van der Waals surface area contributed by atoms with Crippen LogP contribution in [0, 0.1) is 17.8 Å². The molecule has 1 aliphatic heterocycles. The van der Waals surface area contributed by atoms with Gasteiger partial charge in [0.1, 0.15) is 0 Å². The largest absolute Gasteiger partial charge is 0.311 e. The Morgan fingerprint density at radius 1 is 1.15 bits per heavy atom. The molecule has 0 aromatic rings. The Labute approximate surface area is 126 Å². The molecule has 0 radical (unpaired) electrons. The first-order valence-corrected chi connectivity index (χ1v) is 9.07. The van der Waals surface area contributed by atoms with Crippen molar-refractivity contribution in [3.05, 3.63) is 0 Å². The molecule has 2 fully saturated rings. The molecule has 2 nitrogen and oxygen atoms in total. The fourth-order valence-corrected chi connectivity index (χ4v) is 3.89. The smallest absolute Gasteiger partial charge is 0.0221 e. The maximum Gasteiger partial charge on any atom is 0.0221 e. The van der Waals surface area contributed by atoms with E-state index in [4.69, 9.17) is 0 Å². The molecule has 3 atom stereocenters. The van der Waals surface area contributed by atoms with Gasteiger partial charge in [-0.05, 0) is 37.6 Å². The Kier molecular flexibility index (Phi) is 6.35. The average Bonchev–Trinajstić information content (AvgIpc) is 2.47. The molecule has 118 valence electrons. The van der Waals surface area contributed by atoms with Crippen molar-refractivity contribution in [1.82, 2.24) is 10.2 Å². The van der Waals surface area contributed by atoms with E-state index < -0.39 is 0 Å². The average molecular weight is 280 g/mol. The van der Waals surface area contributed by atoms with Gasteiger partial charge in [-0.15, -0.1) is 0 Å². The minimum absolute atomic E-state index is 0.711. The number of nitrogens with zero attached hydrogens (tertiary/aromatic N) is 1. The van der Waals surface area contributed by atoms with Crippen molar-refractivity contribution in [3.63, 3.8) is 0 Å². The minimum Gasteiger partial charge on any atom is -0.311 e. The molecule has 0 aromatic carbocycles. The fraction of sp³-hybridized carbons (Fsp3) is 1.00. The van der Waals surface area contributed by atoms with E-state index in [9.17, 15) is 0 Å². The summed E-state index contributed by atoms with van der Waals surface area (Å²) in [6.07, 6.45) is 8.63. The highest BCUT2D eigenvalue weighted by Gasteiger charge is 2.28. The predicted octanol–water partition coefficient (Wildman–Crippen LogP) is 3.91. The molecule has 1 aliphatic carbocycles. The summed E-state index contributed by atoms with van der Waals surface area (Å²) in [6.45, 7) is 13.3. The molecular formula is C18H36N2. The summed E-state index contributed by atoms with van der Waals surface area (Å²) in [4.78, 5) is 2.76. The summed E-state index contributed by atoms with van der Waals surface area (Å²) < 4.78 is 0. The van der Waals surface area contributed by atoms with Gasteiger partial charge in [0, 0.05) is 25.2 Å². The summed E-state index contributed by atoms with van der Waals surface area (Å²) >= 11 is 0. The second-order valence-corrected chi connectivity index (χ2v) is 7.66.